The van der Waals surface area contributed by atoms with Gasteiger partial charge in [-0.05, 0) is 24.3 Å². The Balaban J connectivity index is 1.79. The number of hydrogen-bond donors (Lipinski definition) is 1. The summed E-state index contributed by atoms with van der Waals surface area (Å²) >= 11 is 0. The van der Waals surface area contributed by atoms with Crippen LogP contribution in [0.2, 0.25) is 0 Å². The molecule has 8 nitrogen and oxygen atoms in total. The van der Waals surface area contributed by atoms with Gasteiger partial charge in [0.1, 0.15) is 18.9 Å². The second-order valence-electron chi connectivity index (χ2n) is 5.29. The summed E-state index contributed by atoms with van der Waals surface area (Å²) in [6.07, 6.45) is -3.28. The van der Waals surface area contributed by atoms with E-state index in [9.17, 15) is 22.8 Å². The zero-order chi connectivity index (χ0) is 19.3. The Labute approximate surface area is 145 Å². The third-order valence-corrected chi connectivity index (χ3v) is 3.36. The van der Waals surface area contributed by atoms with Crippen molar-refractivity contribution in [1.29, 1.82) is 0 Å². The fourth-order valence-corrected chi connectivity index (χ4v) is 1.90. The van der Waals surface area contributed by atoms with Gasteiger partial charge in [0, 0.05) is 7.05 Å². The normalized spacial score (nSPS) is 11.2. The summed E-state index contributed by atoms with van der Waals surface area (Å²) in [7, 11) is 1.51. The number of carbonyl (C=O) groups excluding carboxylic acids is 1. The Hall–Kier alpha value is -3.11. The van der Waals surface area contributed by atoms with Gasteiger partial charge in [0.25, 0.3) is 0 Å². The molecule has 0 saturated carbocycles. The van der Waals surface area contributed by atoms with E-state index in [1.54, 1.807) is 0 Å². The summed E-state index contributed by atoms with van der Waals surface area (Å²) in [5.41, 5.74) is -1.04. The maximum atomic E-state index is 12.5. The van der Waals surface area contributed by atoms with E-state index >= 15 is 0 Å². The second kappa shape index (κ2) is 7.85. The molecule has 0 unspecified atom stereocenters. The topological polar surface area (TPSA) is 97.5 Å². The van der Waals surface area contributed by atoms with Gasteiger partial charge in [-0.1, -0.05) is 5.21 Å². The van der Waals surface area contributed by atoms with Crippen molar-refractivity contribution in [3.05, 3.63) is 41.7 Å². The minimum absolute atomic E-state index is 0.0747. The van der Waals surface area contributed by atoms with Crippen LogP contribution in [0.5, 0.6) is 5.75 Å². The van der Waals surface area contributed by atoms with Gasteiger partial charge in [-0.2, -0.15) is 13.2 Å². The molecular formula is C15H15F3N4O4. The monoisotopic (exact) mass is 372 g/mol. The van der Waals surface area contributed by atoms with Crippen molar-refractivity contribution in [3.63, 3.8) is 0 Å². The molecule has 0 radical (unpaired) electrons. The molecular weight excluding hydrogens is 357 g/mol. The Bertz CT molecular complexity index is 774. The maximum absolute atomic E-state index is 12.5. The summed E-state index contributed by atoms with van der Waals surface area (Å²) in [6.45, 7) is 0.0583. The molecule has 140 valence electrons. The highest BCUT2D eigenvalue weighted by atomic mass is 19.4. The van der Waals surface area contributed by atoms with Crippen molar-refractivity contribution in [2.24, 2.45) is 0 Å². The molecule has 0 fully saturated rings. The van der Waals surface area contributed by atoms with Crippen LogP contribution in [0.15, 0.2) is 30.5 Å². The van der Waals surface area contributed by atoms with E-state index in [0.717, 1.165) is 23.0 Å². The number of ether oxygens (including phenoxy) is 1. The summed E-state index contributed by atoms with van der Waals surface area (Å²) in [4.78, 5) is 24.0. The molecule has 1 amide bonds. The predicted octanol–water partition coefficient (Wildman–Crippen LogP) is 1.53. The van der Waals surface area contributed by atoms with Crippen LogP contribution in [0.1, 0.15) is 16.1 Å². The van der Waals surface area contributed by atoms with E-state index in [0.29, 0.717) is 0 Å². The first-order valence-electron chi connectivity index (χ1n) is 7.34. The first-order valence-corrected chi connectivity index (χ1v) is 7.34. The Kier molecular flexibility index (Phi) is 5.80. The number of likely N-dealkylation sites (N-methyl/N-ethyl adjacent to an activating group) is 1. The Morgan fingerprint density at radius 3 is 2.46 bits per heavy atom. The lowest BCUT2D eigenvalue weighted by atomic mass is 10.2. The fraction of sp³-hybridized carbons (Fsp3) is 0.333. The predicted molar refractivity (Wildman–Crippen MR) is 81.6 cm³/mol. The largest absolute Gasteiger partial charge is 0.492 e. The molecule has 0 spiro atoms. The molecule has 26 heavy (non-hydrogen) atoms. The SMILES string of the molecule is CN(CCOc1ccc(C(F)(F)F)cc1)C(=O)Cn1cc(C(=O)O)nn1. The molecule has 0 aliphatic rings. The quantitative estimate of drug-likeness (QED) is 0.792. The van der Waals surface area contributed by atoms with E-state index in [4.69, 9.17) is 9.84 Å². The van der Waals surface area contributed by atoms with E-state index < -0.39 is 17.7 Å². The fourth-order valence-electron chi connectivity index (χ4n) is 1.90. The highest BCUT2D eigenvalue weighted by Gasteiger charge is 2.30. The summed E-state index contributed by atoms with van der Waals surface area (Å²) in [6, 6.07) is 4.23. The van der Waals surface area contributed by atoms with Crippen LogP contribution in [0.25, 0.3) is 0 Å². The highest BCUT2D eigenvalue weighted by molar-refractivity contribution is 5.84. The van der Waals surface area contributed by atoms with Gasteiger partial charge in [0.2, 0.25) is 5.91 Å². The van der Waals surface area contributed by atoms with Crippen molar-refractivity contribution >= 4 is 11.9 Å². The van der Waals surface area contributed by atoms with Gasteiger partial charge in [-0.15, -0.1) is 5.10 Å². The number of carbonyl (C=O) groups is 2. The zero-order valence-electron chi connectivity index (χ0n) is 13.6. The average Bonchev–Trinajstić information content (AvgIpc) is 3.03. The molecule has 1 aromatic carbocycles. The molecule has 1 N–H and O–H groups in total. The number of halogens is 3. The third-order valence-electron chi connectivity index (χ3n) is 3.36. The lowest BCUT2D eigenvalue weighted by molar-refractivity contribution is -0.137. The number of alkyl halides is 3. The van der Waals surface area contributed by atoms with Crippen LogP contribution in [-0.2, 0) is 17.5 Å². The number of amides is 1. The van der Waals surface area contributed by atoms with Crippen LogP contribution in [0.3, 0.4) is 0 Å². The van der Waals surface area contributed by atoms with Gasteiger partial charge < -0.3 is 14.7 Å². The van der Waals surface area contributed by atoms with Crippen LogP contribution in [0, 0.1) is 0 Å². The average molecular weight is 372 g/mol. The number of carboxylic acid groups (broad SMARTS) is 1. The molecule has 2 rings (SSSR count). The van der Waals surface area contributed by atoms with Crippen LogP contribution in [0.4, 0.5) is 13.2 Å². The van der Waals surface area contributed by atoms with Gasteiger partial charge in [-0.25, -0.2) is 9.48 Å². The molecule has 0 aliphatic heterocycles. The minimum Gasteiger partial charge on any atom is -0.492 e. The van der Waals surface area contributed by atoms with Gasteiger partial charge in [0.05, 0.1) is 18.3 Å². The minimum atomic E-state index is -4.41. The number of hydrogen-bond acceptors (Lipinski definition) is 5. The Morgan fingerprint density at radius 1 is 1.27 bits per heavy atom. The number of carboxylic acids is 1. The van der Waals surface area contributed by atoms with Crippen LogP contribution < -0.4 is 4.74 Å². The first-order chi connectivity index (χ1) is 12.2. The van der Waals surface area contributed by atoms with Crippen LogP contribution in [-0.4, -0.2) is 57.1 Å². The molecule has 2 aromatic rings. The number of benzene rings is 1. The standard InChI is InChI=1S/C15H15F3N4O4/c1-21(13(23)9-22-8-12(14(24)25)19-20-22)6-7-26-11-4-2-10(3-5-11)15(16,17)18/h2-5,8H,6-7,9H2,1H3,(H,24,25). The molecule has 1 aromatic heterocycles. The van der Waals surface area contributed by atoms with Crippen molar-refractivity contribution in [1.82, 2.24) is 19.9 Å². The smallest absolute Gasteiger partial charge is 0.416 e. The summed E-state index contributed by atoms with van der Waals surface area (Å²) in [5, 5.41) is 15.7. The first kappa shape index (κ1) is 19.2. The van der Waals surface area contributed by atoms with Gasteiger partial charge >= 0.3 is 12.1 Å². The molecule has 0 saturated heterocycles. The van der Waals surface area contributed by atoms with Crippen LogP contribution >= 0.6 is 0 Å². The lowest BCUT2D eigenvalue weighted by Crippen LogP contribution is -2.33. The number of aromatic carboxylic acids is 1. The van der Waals surface area contributed by atoms with Crippen molar-refractivity contribution < 1.29 is 32.6 Å². The van der Waals surface area contributed by atoms with Gasteiger partial charge in [0.15, 0.2) is 5.69 Å². The van der Waals surface area contributed by atoms with E-state index in [1.807, 2.05) is 0 Å². The van der Waals surface area contributed by atoms with Crippen molar-refractivity contribution in [2.75, 3.05) is 20.2 Å². The molecule has 0 bridgehead atoms. The Morgan fingerprint density at radius 2 is 1.92 bits per heavy atom. The van der Waals surface area contributed by atoms with Crippen molar-refractivity contribution in [2.45, 2.75) is 12.7 Å². The second-order valence-corrected chi connectivity index (χ2v) is 5.29. The third kappa shape index (κ3) is 5.19. The molecule has 0 aliphatic carbocycles. The van der Waals surface area contributed by atoms with Crippen molar-refractivity contribution in [3.8, 4) is 5.75 Å². The van der Waals surface area contributed by atoms with E-state index in [1.165, 1.54) is 24.1 Å². The van der Waals surface area contributed by atoms with E-state index in [2.05, 4.69) is 10.3 Å². The maximum Gasteiger partial charge on any atom is 0.416 e. The highest BCUT2D eigenvalue weighted by Crippen LogP contribution is 2.30. The zero-order valence-corrected chi connectivity index (χ0v) is 13.6. The number of nitrogens with zero attached hydrogens (tertiary/aromatic N) is 4. The molecule has 0 atom stereocenters. The van der Waals surface area contributed by atoms with Gasteiger partial charge in [-0.3, -0.25) is 4.79 Å². The molecule has 1 heterocycles. The number of aromatic nitrogens is 3. The number of rotatable bonds is 7. The summed E-state index contributed by atoms with van der Waals surface area (Å²) < 4.78 is 43.8. The van der Waals surface area contributed by atoms with E-state index in [-0.39, 0.29) is 37.0 Å². The molecule has 11 heteroatoms. The summed E-state index contributed by atoms with van der Waals surface area (Å²) in [5.74, 6) is -1.36. The lowest BCUT2D eigenvalue weighted by Gasteiger charge is -2.17.